The van der Waals surface area contributed by atoms with Crippen molar-refractivity contribution in [3.63, 3.8) is 0 Å². The van der Waals surface area contributed by atoms with Crippen molar-refractivity contribution < 1.29 is 4.74 Å². The number of hydrogen-bond donors (Lipinski definition) is 1. The summed E-state index contributed by atoms with van der Waals surface area (Å²) in [5.74, 6) is 0.749. The second-order valence-corrected chi connectivity index (χ2v) is 5.61. The first-order valence-corrected chi connectivity index (χ1v) is 7.13. The molecule has 17 heavy (non-hydrogen) atoms. The lowest BCUT2D eigenvalue weighted by atomic mass is 10.1. The first kappa shape index (κ1) is 14.9. The molecule has 2 atom stereocenters. The van der Waals surface area contributed by atoms with Crippen molar-refractivity contribution in [1.82, 2.24) is 10.2 Å². The maximum Gasteiger partial charge on any atom is 0.0503 e. The monoisotopic (exact) mass is 242 g/mol. The highest BCUT2D eigenvalue weighted by Crippen LogP contribution is 2.20. The number of hydrogen-bond acceptors (Lipinski definition) is 3. The highest BCUT2D eigenvalue weighted by molar-refractivity contribution is 4.82. The van der Waals surface area contributed by atoms with E-state index < -0.39 is 0 Å². The van der Waals surface area contributed by atoms with Crippen LogP contribution in [-0.2, 0) is 4.74 Å². The van der Waals surface area contributed by atoms with E-state index in [2.05, 4.69) is 31.0 Å². The second-order valence-electron chi connectivity index (χ2n) is 5.61. The standard InChI is InChI=1S/C14H30N2O/c1-5-6-14(9-15-12(2)3)16-8-7-13(10-16)11-17-4/h12-15H,5-11H2,1-4H3. The third-order valence-corrected chi connectivity index (χ3v) is 3.62. The second kappa shape index (κ2) is 8.06. The molecule has 1 heterocycles. The number of nitrogens with zero attached hydrogens (tertiary/aromatic N) is 1. The molecule has 0 aromatic heterocycles. The van der Waals surface area contributed by atoms with Gasteiger partial charge in [-0.3, -0.25) is 4.90 Å². The van der Waals surface area contributed by atoms with E-state index in [-0.39, 0.29) is 0 Å². The molecular formula is C14H30N2O. The minimum absolute atomic E-state index is 0.590. The third kappa shape index (κ3) is 5.36. The Morgan fingerprint density at radius 1 is 1.41 bits per heavy atom. The molecule has 0 saturated carbocycles. The fourth-order valence-electron chi connectivity index (χ4n) is 2.68. The van der Waals surface area contributed by atoms with Crippen molar-refractivity contribution in [3.05, 3.63) is 0 Å². The summed E-state index contributed by atoms with van der Waals surface area (Å²) in [4.78, 5) is 2.66. The fraction of sp³-hybridized carbons (Fsp3) is 1.00. The Labute approximate surface area is 107 Å². The largest absolute Gasteiger partial charge is 0.384 e. The van der Waals surface area contributed by atoms with Crippen molar-refractivity contribution in [2.75, 3.05) is 33.4 Å². The van der Waals surface area contributed by atoms with Gasteiger partial charge in [-0.25, -0.2) is 0 Å². The fourth-order valence-corrected chi connectivity index (χ4v) is 2.68. The van der Waals surface area contributed by atoms with Gasteiger partial charge in [-0.15, -0.1) is 0 Å². The third-order valence-electron chi connectivity index (χ3n) is 3.62. The SMILES string of the molecule is CCCC(CNC(C)C)N1CCC(COC)C1. The Bertz CT molecular complexity index is 197. The number of likely N-dealkylation sites (tertiary alicyclic amines) is 1. The van der Waals surface area contributed by atoms with Crippen LogP contribution in [0.1, 0.15) is 40.0 Å². The van der Waals surface area contributed by atoms with Crippen LogP contribution in [0.3, 0.4) is 0 Å². The van der Waals surface area contributed by atoms with Gasteiger partial charge in [0, 0.05) is 32.3 Å². The van der Waals surface area contributed by atoms with Crippen LogP contribution < -0.4 is 5.32 Å². The lowest BCUT2D eigenvalue weighted by Gasteiger charge is -2.29. The molecule has 0 spiro atoms. The minimum atomic E-state index is 0.590. The van der Waals surface area contributed by atoms with Gasteiger partial charge < -0.3 is 10.1 Å². The first-order valence-electron chi connectivity index (χ1n) is 7.13. The topological polar surface area (TPSA) is 24.5 Å². The predicted octanol–water partition coefficient (Wildman–Crippen LogP) is 2.12. The average molecular weight is 242 g/mol. The number of methoxy groups -OCH3 is 1. The van der Waals surface area contributed by atoms with Crippen LogP contribution in [0.25, 0.3) is 0 Å². The van der Waals surface area contributed by atoms with E-state index in [1.54, 1.807) is 0 Å². The summed E-state index contributed by atoms with van der Waals surface area (Å²) in [6.07, 6.45) is 3.88. The summed E-state index contributed by atoms with van der Waals surface area (Å²) in [5.41, 5.74) is 0. The molecule has 0 bridgehead atoms. The van der Waals surface area contributed by atoms with E-state index in [1.807, 2.05) is 7.11 Å². The summed E-state index contributed by atoms with van der Waals surface area (Å²) >= 11 is 0. The lowest BCUT2D eigenvalue weighted by Crippen LogP contribution is -2.43. The lowest BCUT2D eigenvalue weighted by molar-refractivity contribution is 0.144. The smallest absolute Gasteiger partial charge is 0.0503 e. The van der Waals surface area contributed by atoms with E-state index in [0.717, 1.165) is 19.1 Å². The summed E-state index contributed by atoms with van der Waals surface area (Å²) in [5, 5.41) is 3.58. The van der Waals surface area contributed by atoms with Gasteiger partial charge in [0.2, 0.25) is 0 Å². The van der Waals surface area contributed by atoms with E-state index in [9.17, 15) is 0 Å². The Morgan fingerprint density at radius 3 is 2.76 bits per heavy atom. The van der Waals surface area contributed by atoms with Crippen LogP contribution in [0.2, 0.25) is 0 Å². The van der Waals surface area contributed by atoms with Gasteiger partial charge in [0.15, 0.2) is 0 Å². The molecule has 1 aliphatic heterocycles. The van der Waals surface area contributed by atoms with Crippen molar-refractivity contribution in [3.8, 4) is 0 Å². The molecule has 0 aromatic rings. The average Bonchev–Trinajstić information content (AvgIpc) is 2.73. The van der Waals surface area contributed by atoms with Crippen molar-refractivity contribution >= 4 is 0 Å². The quantitative estimate of drug-likeness (QED) is 0.705. The van der Waals surface area contributed by atoms with E-state index in [0.29, 0.717) is 12.1 Å². The van der Waals surface area contributed by atoms with E-state index in [1.165, 1.54) is 32.4 Å². The zero-order chi connectivity index (χ0) is 12.7. The molecule has 1 fully saturated rings. The Kier molecular flexibility index (Phi) is 7.09. The molecule has 0 amide bonds. The molecule has 1 N–H and O–H groups in total. The van der Waals surface area contributed by atoms with Crippen LogP contribution in [0, 0.1) is 5.92 Å². The molecule has 1 rings (SSSR count). The normalized spacial score (nSPS) is 23.5. The van der Waals surface area contributed by atoms with Gasteiger partial charge in [-0.2, -0.15) is 0 Å². The number of nitrogens with one attached hydrogen (secondary N) is 1. The zero-order valence-corrected chi connectivity index (χ0v) is 12.0. The minimum Gasteiger partial charge on any atom is -0.384 e. The summed E-state index contributed by atoms with van der Waals surface area (Å²) < 4.78 is 5.27. The molecule has 3 nitrogen and oxygen atoms in total. The van der Waals surface area contributed by atoms with Crippen molar-refractivity contribution in [1.29, 1.82) is 0 Å². The summed E-state index contributed by atoms with van der Waals surface area (Å²) in [6, 6.07) is 1.30. The molecule has 1 aliphatic rings. The highest BCUT2D eigenvalue weighted by Gasteiger charge is 2.27. The van der Waals surface area contributed by atoms with Crippen molar-refractivity contribution in [2.45, 2.75) is 52.1 Å². The van der Waals surface area contributed by atoms with Gasteiger partial charge in [-0.05, 0) is 25.3 Å². The molecule has 0 aliphatic carbocycles. The molecule has 0 radical (unpaired) electrons. The van der Waals surface area contributed by atoms with E-state index >= 15 is 0 Å². The van der Waals surface area contributed by atoms with Crippen LogP contribution in [-0.4, -0.2) is 50.3 Å². The van der Waals surface area contributed by atoms with Crippen LogP contribution in [0.5, 0.6) is 0 Å². The molecule has 2 unspecified atom stereocenters. The van der Waals surface area contributed by atoms with Crippen LogP contribution in [0.15, 0.2) is 0 Å². The molecule has 1 saturated heterocycles. The zero-order valence-electron chi connectivity index (χ0n) is 12.0. The van der Waals surface area contributed by atoms with Gasteiger partial charge in [0.05, 0.1) is 6.61 Å². The number of rotatable bonds is 8. The van der Waals surface area contributed by atoms with E-state index in [4.69, 9.17) is 4.74 Å². The van der Waals surface area contributed by atoms with Crippen molar-refractivity contribution in [2.24, 2.45) is 5.92 Å². The van der Waals surface area contributed by atoms with Gasteiger partial charge in [-0.1, -0.05) is 27.2 Å². The first-order chi connectivity index (χ1) is 8.17. The Balaban J connectivity index is 2.36. The maximum atomic E-state index is 5.27. The molecular weight excluding hydrogens is 212 g/mol. The van der Waals surface area contributed by atoms with Gasteiger partial charge in [0.1, 0.15) is 0 Å². The van der Waals surface area contributed by atoms with Gasteiger partial charge >= 0.3 is 0 Å². The van der Waals surface area contributed by atoms with Crippen LogP contribution in [0.4, 0.5) is 0 Å². The molecule has 3 heteroatoms. The summed E-state index contributed by atoms with van der Waals surface area (Å²) in [6.45, 7) is 11.3. The molecule has 102 valence electrons. The van der Waals surface area contributed by atoms with Gasteiger partial charge in [0.25, 0.3) is 0 Å². The van der Waals surface area contributed by atoms with Crippen LogP contribution >= 0.6 is 0 Å². The summed E-state index contributed by atoms with van der Waals surface area (Å²) in [7, 11) is 1.81. The Morgan fingerprint density at radius 2 is 2.18 bits per heavy atom. The Hall–Kier alpha value is -0.120. The molecule has 0 aromatic carbocycles. The predicted molar refractivity (Wildman–Crippen MR) is 73.4 cm³/mol. The highest BCUT2D eigenvalue weighted by atomic mass is 16.5. The maximum absolute atomic E-state index is 5.27. The number of ether oxygens (including phenoxy) is 1.